The summed E-state index contributed by atoms with van der Waals surface area (Å²) in [6.45, 7) is 1.21. The average Bonchev–Trinajstić information content (AvgIpc) is 3.21. The third-order valence-electron chi connectivity index (χ3n) is 4.61. The van der Waals surface area contributed by atoms with E-state index in [-0.39, 0.29) is 12.1 Å². The number of aliphatic hydroxyl groups excluding tert-OH is 1. The molecule has 1 aliphatic carbocycles. The topological polar surface area (TPSA) is 71.6 Å². The summed E-state index contributed by atoms with van der Waals surface area (Å²) in [6.07, 6.45) is 2.68. The lowest BCUT2D eigenvalue weighted by Gasteiger charge is -2.23. The Hall–Kier alpha value is -1.92. The first kappa shape index (κ1) is 14.7. The number of rotatable bonds is 5. The molecule has 2 aromatic rings. The number of methoxy groups -OCH3 is 1. The van der Waals surface area contributed by atoms with Gasteiger partial charge in [-0.1, -0.05) is 17.3 Å². The molecule has 122 valence electrons. The van der Waals surface area contributed by atoms with Gasteiger partial charge in [-0.3, -0.25) is 4.90 Å². The number of β-amino-alcohol motifs (C(OH)–C–C–N with tert-alkyl or cyclic N) is 1. The molecule has 2 atom stereocenters. The van der Waals surface area contributed by atoms with Gasteiger partial charge in [-0.2, -0.15) is 4.98 Å². The number of ether oxygens (including phenoxy) is 1. The largest absolute Gasteiger partial charge is 0.497 e. The number of benzene rings is 1. The van der Waals surface area contributed by atoms with Gasteiger partial charge in [0.1, 0.15) is 5.75 Å². The van der Waals surface area contributed by atoms with Crippen molar-refractivity contribution in [2.75, 3.05) is 13.7 Å². The van der Waals surface area contributed by atoms with Crippen LogP contribution < -0.4 is 4.74 Å². The van der Waals surface area contributed by atoms with Gasteiger partial charge in [0.2, 0.25) is 5.89 Å². The minimum absolute atomic E-state index is 0.142. The van der Waals surface area contributed by atoms with Crippen LogP contribution in [-0.4, -0.2) is 39.9 Å². The zero-order chi connectivity index (χ0) is 15.8. The molecule has 1 aromatic heterocycles. The van der Waals surface area contributed by atoms with Crippen molar-refractivity contribution in [1.82, 2.24) is 15.0 Å². The number of aliphatic hydroxyl groups is 1. The van der Waals surface area contributed by atoms with Crippen LogP contribution in [-0.2, 0) is 6.54 Å². The first-order valence-corrected chi connectivity index (χ1v) is 8.11. The first-order valence-electron chi connectivity index (χ1n) is 8.11. The van der Waals surface area contributed by atoms with Crippen LogP contribution >= 0.6 is 0 Å². The van der Waals surface area contributed by atoms with E-state index in [2.05, 4.69) is 21.1 Å². The van der Waals surface area contributed by atoms with Gasteiger partial charge < -0.3 is 14.4 Å². The summed E-state index contributed by atoms with van der Waals surface area (Å²) in [5.74, 6) is 2.76. The molecule has 6 nitrogen and oxygen atoms in total. The summed E-state index contributed by atoms with van der Waals surface area (Å²) in [7, 11) is 1.67. The quantitative estimate of drug-likeness (QED) is 0.912. The Morgan fingerprint density at radius 3 is 3.04 bits per heavy atom. The molecule has 0 unspecified atom stereocenters. The van der Waals surface area contributed by atoms with Gasteiger partial charge in [-0.15, -0.1) is 0 Å². The van der Waals surface area contributed by atoms with Gasteiger partial charge >= 0.3 is 0 Å². The molecule has 2 aliphatic rings. The summed E-state index contributed by atoms with van der Waals surface area (Å²) in [6, 6.07) is 8.16. The van der Waals surface area contributed by atoms with Crippen LogP contribution in [0.4, 0.5) is 0 Å². The highest BCUT2D eigenvalue weighted by Crippen LogP contribution is 2.39. The molecule has 2 fully saturated rings. The van der Waals surface area contributed by atoms with E-state index in [4.69, 9.17) is 9.26 Å². The second-order valence-electron chi connectivity index (χ2n) is 6.43. The predicted molar refractivity (Wildman–Crippen MR) is 83.0 cm³/mol. The molecule has 0 spiro atoms. The Morgan fingerprint density at radius 2 is 2.26 bits per heavy atom. The summed E-state index contributed by atoms with van der Waals surface area (Å²) in [5, 5.41) is 14.2. The molecule has 1 aliphatic heterocycles. The number of hydrogen-bond acceptors (Lipinski definition) is 6. The second-order valence-corrected chi connectivity index (χ2v) is 6.43. The molecule has 2 heterocycles. The number of aromatic nitrogens is 2. The molecule has 1 saturated heterocycles. The maximum absolute atomic E-state index is 10.1. The van der Waals surface area contributed by atoms with Gasteiger partial charge in [-0.25, -0.2) is 0 Å². The number of nitrogens with zero attached hydrogens (tertiary/aromatic N) is 3. The fourth-order valence-electron chi connectivity index (χ4n) is 3.26. The molecule has 23 heavy (non-hydrogen) atoms. The summed E-state index contributed by atoms with van der Waals surface area (Å²) in [5.41, 5.74) is 1.15. The molecule has 1 aromatic carbocycles. The summed E-state index contributed by atoms with van der Waals surface area (Å²) < 4.78 is 10.6. The van der Waals surface area contributed by atoms with Crippen LogP contribution in [0.15, 0.2) is 28.8 Å². The van der Waals surface area contributed by atoms with Crippen LogP contribution in [0, 0.1) is 0 Å². The Balaban J connectivity index is 1.52. The minimum atomic E-state index is -0.332. The van der Waals surface area contributed by atoms with Gasteiger partial charge in [0.25, 0.3) is 0 Å². The van der Waals surface area contributed by atoms with Crippen LogP contribution in [0.3, 0.4) is 0 Å². The highest BCUT2D eigenvalue weighted by molar-refractivity contribution is 5.31. The van der Waals surface area contributed by atoms with Crippen LogP contribution in [0.2, 0.25) is 0 Å². The lowest BCUT2D eigenvalue weighted by molar-refractivity contribution is 0.170. The van der Waals surface area contributed by atoms with Crippen LogP contribution in [0.1, 0.15) is 48.5 Å². The van der Waals surface area contributed by atoms with E-state index >= 15 is 0 Å². The van der Waals surface area contributed by atoms with E-state index in [0.29, 0.717) is 31.3 Å². The number of likely N-dealkylation sites (tertiary alicyclic amines) is 1. The molecule has 6 heteroatoms. The summed E-state index contributed by atoms with van der Waals surface area (Å²) in [4.78, 5) is 6.71. The van der Waals surface area contributed by atoms with Crippen molar-refractivity contribution < 1.29 is 14.4 Å². The van der Waals surface area contributed by atoms with Gasteiger partial charge in [0.05, 0.1) is 19.8 Å². The number of hydrogen-bond donors (Lipinski definition) is 1. The molecule has 1 saturated carbocycles. The van der Waals surface area contributed by atoms with Crippen LogP contribution in [0.25, 0.3) is 0 Å². The average molecular weight is 315 g/mol. The third kappa shape index (κ3) is 3.09. The SMILES string of the molecule is COc1cccc([C@@H]2C[C@H](O)CN2Cc2noc(C3CC3)n2)c1. The first-order chi connectivity index (χ1) is 11.2. The van der Waals surface area contributed by atoms with Gasteiger partial charge in [0, 0.05) is 18.5 Å². The second kappa shape index (κ2) is 5.94. The van der Waals surface area contributed by atoms with E-state index in [9.17, 15) is 5.11 Å². The van der Waals surface area contributed by atoms with Gasteiger partial charge in [-0.05, 0) is 37.0 Å². The van der Waals surface area contributed by atoms with E-state index in [0.717, 1.165) is 30.0 Å². The smallest absolute Gasteiger partial charge is 0.229 e. The fraction of sp³-hybridized carbons (Fsp3) is 0.529. The zero-order valence-corrected chi connectivity index (χ0v) is 13.2. The van der Waals surface area contributed by atoms with E-state index in [1.54, 1.807) is 7.11 Å². The Morgan fingerprint density at radius 1 is 1.39 bits per heavy atom. The molecular formula is C17H21N3O3. The third-order valence-corrected chi connectivity index (χ3v) is 4.61. The standard InChI is InChI=1S/C17H21N3O3/c1-22-14-4-2-3-12(7-14)15-8-13(21)9-20(15)10-16-18-17(23-19-16)11-5-6-11/h2-4,7,11,13,15,21H,5-6,8-10H2,1H3/t13-,15-/m0/s1. The molecule has 0 bridgehead atoms. The highest BCUT2D eigenvalue weighted by Gasteiger charge is 2.34. The van der Waals surface area contributed by atoms with Crippen molar-refractivity contribution >= 4 is 0 Å². The van der Waals surface area contributed by atoms with Crippen molar-refractivity contribution in [2.24, 2.45) is 0 Å². The Labute approximate surface area is 135 Å². The van der Waals surface area contributed by atoms with Crippen LogP contribution in [0.5, 0.6) is 5.75 Å². The van der Waals surface area contributed by atoms with Crippen molar-refractivity contribution in [1.29, 1.82) is 0 Å². The molecule has 1 N–H and O–H groups in total. The highest BCUT2D eigenvalue weighted by atomic mass is 16.5. The van der Waals surface area contributed by atoms with Crippen molar-refractivity contribution in [2.45, 2.75) is 43.9 Å². The predicted octanol–water partition coefficient (Wildman–Crippen LogP) is 2.26. The lowest BCUT2D eigenvalue weighted by Crippen LogP contribution is -2.25. The maximum atomic E-state index is 10.1. The summed E-state index contributed by atoms with van der Waals surface area (Å²) >= 11 is 0. The van der Waals surface area contributed by atoms with E-state index in [1.165, 1.54) is 0 Å². The van der Waals surface area contributed by atoms with Crippen molar-refractivity contribution in [3.8, 4) is 5.75 Å². The molecular weight excluding hydrogens is 294 g/mol. The lowest BCUT2D eigenvalue weighted by atomic mass is 10.0. The Kier molecular flexibility index (Phi) is 3.79. The molecule has 0 amide bonds. The normalized spacial score (nSPS) is 25.0. The van der Waals surface area contributed by atoms with Crippen molar-refractivity contribution in [3.63, 3.8) is 0 Å². The molecule has 0 radical (unpaired) electrons. The Bertz CT molecular complexity index is 683. The van der Waals surface area contributed by atoms with E-state index in [1.807, 2.05) is 18.2 Å². The van der Waals surface area contributed by atoms with E-state index < -0.39 is 0 Å². The molecule has 4 rings (SSSR count). The van der Waals surface area contributed by atoms with Gasteiger partial charge in [0.15, 0.2) is 5.82 Å². The minimum Gasteiger partial charge on any atom is -0.497 e. The monoisotopic (exact) mass is 315 g/mol. The zero-order valence-electron chi connectivity index (χ0n) is 13.2. The fourth-order valence-corrected chi connectivity index (χ4v) is 3.26. The maximum Gasteiger partial charge on any atom is 0.229 e. The van der Waals surface area contributed by atoms with Crippen molar-refractivity contribution in [3.05, 3.63) is 41.5 Å².